The van der Waals surface area contributed by atoms with E-state index in [1.54, 1.807) is 36.7 Å². The average molecular weight is 547 g/mol. The Morgan fingerprint density at radius 1 is 0.780 bits per heavy atom. The number of H-pyrrole nitrogens is 1. The van der Waals surface area contributed by atoms with Gasteiger partial charge in [-0.2, -0.15) is 0 Å². The van der Waals surface area contributed by atoms with Gasteiger partial charge in [0.15, 0.2) is 0 Å². The maximum atomic E-state index is 12.7. The van der Waals surface area contributed by atoms with Crippen LogP contribution in [0.15, 0.2) is 109 Å². The number of nitro benzene ring substituents is 2. The molecule has 41 heavy (non-hydrogen) atoms. The zero-order chi connectivity index (χ0) is 28.5. The summed E-state index contributed by atoms with van der Waals surface area (Å²) < 4.78 is 7.04. The quantitative estimate of drug-likeness (QED) is 0.181. The minimum Gasteiger partial charge on any atom is -0.448 e. The second-order valence-electron chi connectivity index (χ2n) is 9.50. The first-order chi connectivity index (χ1) is 19.9. The molecule has 0 spiro atoms. The minimum atomic E-state index is -0.504. The fraction of sp³-hybridized carbons (Fsp3) is 0.0645. The van der Waals surface area contributed by atoms with Gasteiger partial charge >= 0.3 is 6.09 Å². The summed E-state index contributed by atoms with van der Waals surface area (Å²) >= 11 is 0. The average Bonchev–Trinajstić information content (AvgIpc) is 3.71. The molecule has 6 aromatic rings. The van der Waals surface area contributed by atoms with Crippen molar-refractivity contribution >= 4 is 39.3 Å². The van der Waals surface area contributed by atoms with Crippen LogP contribution in [0.25, 0.3) is 32.9 Å². The van der Waals surface area contributed by atoms with Crippen molar-refractivity contribution in [2.24, 2.45) is 0 Å². The number of nitrogens with zero attached hydrogens (tertiary/aromatic N) is 3. The van der Waals surface area contributed by atoms with Crippen LogP contribution in [0.5, 0.6) is 0 Å². The molecule has 1 N–H and O–H groups in total. The highest BCUT2D eigenvalue weighted by molar-refractivity contribution is 5.91. The lowest BCUT2D eigenvalue weighted by Gasteiger charge is -2.14. The third-order valence-electron chi connectivity index (χ3n) is 7.17. The van der Waals surface area contributed by atoms with Crippen molar-refractivity contribution in [1.29, 1.82) is 0 Å². The summed E-state index contributed by atoms with van der Waals surface area (Å²) in [5.41, 5.74) is 6.24. The minimum absolute atomic E-state index is 0.0113. The van der Waals surface area contributed by atoms with E-state index < -0.39 is 15.9 Å². The number of ether oxygens (including phenoxy) is 1. The Kier molecular flexibility index (Phi) is 6.48. The van der Waals surface area contributed by atoms with Crippen LogP contribution in [0, 0.1) is 20.2 Å². The molecule has 7 rings (SSSR count). The number of non-ortho nitro benzene ring substituents is 2. The number of aromatic nitrogens is 2. The number of nitro groups is 2. The van der Waals surface area contributed by atoms with Crippen molar-refractivity contribution in [3.05, 3.63) is 141 Å². The van der Waals surface area contributed by atoms with E-state index in [4.69, 9.17) is 4.74 Å². The van der Waals surface area contributed by atoms with Gasteiger partial charge in [0.25, 0.3) is 11.4 Å². The summed E-state index contributed by atoms with van der Waals surface area (Å²) in [6.45, 7) is 0.222. The molecule has 2 aromatic heterocycles. The molecular formula is C31H22N4O6. The molecule has 0 saturated heterocycles. The van der Waals surface area contributed by atoms with Gasteiger partial charge in [0.2, 0.25) is 0 Å². The molecule has 0 aliphatic heterocycles. The molecule has 0 bridgehead atoms. The maximum absolute atomic E-state index is 12.7. The molecule has 1 aliphatic carbocycles. The summed E-state index contributed by atoms with van der Waals surface area (Å²) in [6.07, 6.45) is 2.83. The van der Waals surface area contributed by atoms with Crippen LogP contribution in [0.2, 0.25) is 0 Å². The molecule has 0 radical (unpaired) electrons. The van der Waals surface area contributed by atoms with Crippen LogP contribution in [-0.2, 0) is 4.74 Å². The molecule has 1 aliphatic rings. The summed E-state index contributed by atoms with van der Waals surface area (Å²) in [7, 11) is 0. The summed E-state index contributed by atoms with van der Waals surface area (Å²) in [5.74, 6) is -0.0192. The van der Waals surface area contributed by atoms with E-state index in [1.807, 2.05) is 30.3 Å². The first-order valence-electron chi connectivity index (χ1n) is 12.7. The monoisotopic (exact) mass is 546 g/mol. The van der Waals surface area contributed by atoms with Gasteiger partial charge in [0.05, 0.1) is 15.4 Å². The van der Waals surface area contributed by atoms with Gasteiger partial charge in [0.1, 0.15) is 6.61 Å². The third-order valence-corrected chi connectivity index (χ3v) is 7.17. The van der Waals surface area contributed by atoms with Gasteiger partial charge in [-0.25, -0.2) is 4.79 Å². The second kappa shape index (κ2) is 10.4. The molecule has 0 saturated carbocycles. The summed E-state index contributed by atoms with van der Waals surface area (Å²) in [4.78, 5) is 36.1. The molecule has 0 unspecified atom stereocenters. The molecule has 10 nitrogen and oxygen atoms in total. The molecule has 0 fully saturated rings. The maximum Gasteiger partial charge on any atom is 0.418 e. The molecule has 4 aromatic carbocycles. The van der Waals surface area contributed by atoms with E-state index in [1.165, 1.54) is 33.9 Å². The Labute approximate surface area is 232 Å². The van der Waals surface area contributed by atoms with Crippen LogP contribution in [0.4, 0.5) is 16.2 Å². The fourth-order valence-corrected chi connectivity index (χ4v) is 5.22. The van der Waals surface area contributed by atoms with E-state index in [-0.39, 0.29) is 23.9 Å². The zero-order valence-electron chi connectivity index (χ0n) is 21.5. The number of aromatic amines is 1. The first-order valence-corrected chi connectivity index (χ1v) is 12.7. The van der Waals surface area contributed by atoms with Crippen molar-refractivity contribution in [2.75, 3.05) is 6.61 Å². The lowest BCUT2D eigenvalue weighted by molar-refractivity contribution is -0.384. The van der Waals surface area contributed by atoms with Gasteiger partial charge in [-0.3, -0.25) is 24.8 Å². The Morgan fingerprint density at radius 2 is 1.39 bits per heavy atom. The number of hydrogen-bond acceptors (Lipinski definition) is 6. The smallest absolute Gasteiger partial charge is 0.418 e. The van der Waals surface area contributed by atoms with E-state index >= 15 is 0 Å². The number of nitrogens with one attached hydrogen (secondary N) is 1. The fourth-order valence-electron chi connectivity index (χ4n) is 5.22. The van der Waals surface area contributed by atoms with E-state index in [2.05, 4.69) is 29.2 Å². The molecule has 0 atom stereocenters. The molecule has 0 amide bonds. The molecule has 10 heteroatoms. The van der Waals surface area contributed by atoms with Crippen LogP contribution in [0.1, 0.15) is 17.0 Å². The van der Waals surface area contributed by atoms with Gasteiger partial charge in [-0.15, -0.1) is 0 Å². The van der Waals surface area contributed by atoms with Crippen LogP contribution < -0.4 is 0 Å². The number of hydrogen-bond donors (Lipinski definition) is 1. The molecular weight excluding hydrogens is 524 g/mol. The molecule has 2 heterocycles. The van der Waals surface area contributed by atoms with Crippen molar-refractivity contribution in [3.8, 4) is 11.1 Å². The van der Waals surface area contributed by atoms with Gasteiger partial charge in [-0.1, -0.05) is 48.5 Å². The van der Waals surface area contributed by atoms with Crippen LogP contribution in [0.3, 0.4) is 0 Å². The highest BCUT2D eigenvalue weighted by Crippen LogP contribution is 2.44. The lowest BCUT2D eigenvalue weighted by Crippen LogP contribution is -2.17. The van der Waals surface area contributed by atoms with E-state index in [9.17, 15) is 25.0 Å². The number of carbonyl (C=O) groups excluding carboxylic acids is 1. The van der Waals surface area contributed by atoms with Crippen molar-refractivity contribution < 1.29 is 19.4 Å². The van der Waals surface area contributed by atoms with Gasteiger partial charge in [0, 0.05) is 58.9 Å². The predicted octanol–water partition coefficient (Wildman–Crippen LogP) is 7.42. The summed E-state index contributed by atoms with van der Waals surface area (Å²) in [5, 5.41) is 22.8. The predicted molar refractivity (Wildman–Crippen MR) is 154 cm³/mol. The SMILES string of the molecule is O=C(OCC1c2ccccc2-c2ccccc21)n1ccc2cc([N+](=O)[O-])ccc21.O=[N+]([O-])c1ccc2[nH]ccc2c1. The van der Waals surface area contributed by atoms with Crippen LogP contribution >= 0.6 is 0 Å². The highest BCUT2D eigenvalue weighted by atomic mass is 16.6. The Morgan fingerprint density at radius 3 is 2.05 bits per heavy atom. The van der Waals surface area contributed by atoms with Gasteiger partial charge in [-0.05, 0) is 46.5 Å². The van der Waals surface area contributed by atoms with E-state index in [0.29, 0.717) is 10.9 Å². The van der Waals surface area contributed by atoms with Crippen molar-refractivity contribution in [2.45, 2.75) is 5.92 Å². The zero-order valence-corrected chi connectivity index (χ0v) is 21.5. The standard InChI is InChI=1S/C23H16N2O4.C8H6N2O2/c26-23(24-12-11-15-13-16(25(27)28)9-10-22(15)24)29-14-21-19-7-3-1-5-17(19)18-6-2-4-8-20(18)21;11-10(12)7-1-2-8-6(5-7)3-4-9-8/h1-13,21H,14H2;1-5,9H. The Bertz CT molecular complexity index is 1910. The number of fused-ring (bicyclic) bond motifs is 5. The Balaban J connectivity index is 0.000000210. The normalized spacial score (nSPS) is 11.9. The number of rotatable bonds is 4. The van der Waals surface area contributed by atoms with Gasteiger partial charge < -0.3 is 9.72 Å². The topological polar surface area (TPSA) is 133 Å². The first kappa shape index (κ1) is 25.5. The molecule has 202 valence electrons. The number of carbonyl (C=O) groups is 1. The third kappa shape index (κ3) is 4.78. The van der Waals surface area contributed by atoms with Crippen molar-refractivity contribution in [1.82, 2.24) is 9.55 Å². The van der Waals surface area contributed by atoms with Crippen LogP contribution in [-0.4, -0.2) is 32.1 Å². The van der Waals surface area contributed by atoms with E-state index in [0.717, 1.165) is 22.0 Å². The van der Waals surface area contributed by atoms with Crippen molar-refractivity contribution in [3.63, 3.8) is 0 Å². The Hall–Kier alpha value is -5.77. The lowest BCUT2D eigenvalue weighted by atomic mass is 9.98. The highest BCUT2D eigenvalue weighted by Gasteiger charge is 2.29. The number of benzene rings is 4. The largest absolute Gasteiger partial charge is 0.448 e. The second-order valence-corrected chi connectivity index (χ2v) is 9.50. The summed E-state index contributed by atoms with van der Waals surface area (Å²) in [6, 6.07) is 28.9.